The molecule has 4 N–H and O–H groups in total. The van der Waals surface area contributed by atoms with Crippen LogP contribution in [0.4, 0.5) is 5.69 Å². The number of hydrogen-bond acceptors (Lipinski definition) is 5. The molecule has 1 fully saturated rings. The smallest absolute Gasteiger partial charge is 0.238 e. The first-order valence-electron chi connectivity index (χ1n) is 6.83. The standard InChI is InChI=1S/C14H18N4O3S/c15-12(19)9-22-11-4-2-1-3-10(11)17-14(21)8-18-6-5-16-13(20)7-18/h1-4H,5-9H2,(H2,15,19)(H,16,20)(H,17,21). The monoisotopic (exact) mass is 322 g/mol. The van der Waals surface area contributed by atoms with E-state index in [1.807, 2.05) is 12.1 Å². The molecular weight excluding hydrogens is 304 g/mol. The normalized spacial score (nSPS) is 15.2. The van der Waals surface area contributed by atoms with E-state index in [0.717, 1.165) is 4.90 Å². The summed E-state index contributed by atoms with van der Waals surface area (Å²) in [6, 6.07) is 7.22. The van der Waals surface area contributed by atoms with Crippen LogP contribution in [-0.2, 0) is 14.4 Å². The van der Waals surface area contributed by atoms with E-state index in [2.05, 4.69) is 10.6 Å². The molecule has 0 bridgehead atoms. The third-order valence-corrected chi connectivity index (χ3v) is 4.11. The highest BCUT2D eigenvalue weighted by Crippen LogP contribution is 2.26. The van der Waals surface area contributed by atoms with Crippen molar-refractivity contribution in [1.82, 2.24) is 10.2 Å². The molecule has 22 heavy (non-hydrogen) atoms. The highest BCUT2D eigenvalue weighted by Gasteiger charge is 2.19. The molecule has 8 heteroatoms. The Balaban J connectivity index is 1.93. The zero-order valence-corrected chi connectivity index (χ0v) is 12.8. The Morgan fingerprint density at radius 2 is 2.14 bits per heavy atom. The molecule has 0 radical (unpaired) electrons. The first-order chi connectivity index (χ1) is 10.5. The van der Waals surface area contributed by atoms with Crippen molar-refractivity contribution >= 4 is 35.2 Å². The van der Waals surface area contributed by atoms with Crippen LogP contribution in [0.1, 0.15) is 0 Å². The first kappa shape index (κ1) is 16.3. The summed E-state index contributed by atoms with van der Waals surface area (Å²) in [6.45, 7) is 1.59. The number of hydrogen-bond donors (Lipinski definition) is 3. The van der Waals surface area contributed by atoms with Gasteiger partial charge in [0.2, 0.25) is 17.7 Å². The summed E-state index contributed by atoms with van der Waals surface area (Å²) in [5.41, 5.74) is 5.78. The fourth-order valence-electron chi connectivity index (χ4n) is 2.06. The largest absolute Gasteiger partial charge is 0.369 e. The van der Waals surface area contributed by atoms with Crippen LogP contribution in [0.25, 0.3) is 0 Å². The van der Waals surface area contributed by atoms with Gasteiger partial charge in [0, 0.05) is 18.0 Å². The minimum absolute atomic E-state index is 0.0727. The van der Waals surface area contributed by atoms with E-state index in [4.69, 9.17) is 5.73 Å². The molecule has 3 amide bonds. The summed E-state index contributed by atoms with van der Waals surface area (Å²) >= 11 is 1.28. The molecule has 1 aromatic rings. The van der Waals surface area contributed by atoms with Gasteiger partial charge in [-0.2, -0.15) is 0 Å². The second kappa shape index (κ2) is 7.81. The molecule has 0 spiro atoms. The minimum Gasteiger partial charge on any atom is -0.369 e. The lowest BCUT2D eigenvalue weighted by Crippen LogP contribution is -2.49. The van der Waals surface area contributed by atoms with Crippen molar-refractivity contribution < 1.29 is 14.4 Å². The topological polar surface area (TPSA) is 105 Å². The van der Waals surface area contributed by atoms with Crippen LogP contribution < -0.4 is 16.4 Å². The lowest BCUT2D eigenvalue weighted by Gasteiger charge is -2.25. The number of para-hydroxylation sites is 1. The van der Waals surface area contributed by atoms with E-state index in [-0.39, 0.29) is 30.7 Å². The lowest BCUT2D eigenvalue weighted by molar-refractivity contribution is -0.125. The Bertz CT molecular complexity index is 579. The molecule has 0 aromatic heterocycles. The average molecular weight is 322 g/mol. The zero-order valence-electron chi connectivity index (χ0n) is 12.0. The number of carbonyl (C=O) groups is 3. The number of nitrogens with zero attached hydrogens (tertiary/aromatic N) is 1. The summed E-state index contributed by atoms with van der Waals surface area (Å²) in [7, 11) is 0. The maximum atomic E-state index is 12.1. The van der Waals surface area contributed by atoms with Gasteiger partial charge in [-0.05, 0) is 12.1 Å². The highest BCUT2D eigenvalue weighted by atomic mass is 32.2. The number of nitrogens with one attached hydrogen (secondary N) is 2. The fourth-order valence-corrected chi connectivity index (χ4v) is 2.81. The number of rotatable bonds is 6. The van der Waals surface area contributed by atoms with Gasteiger partial charge in [-0.25, -0.2) is 0 Å². The average Bonchev–Trinajstić information content (AvgIpc) is 2.46. The summed E-state index contributed by atoms with van der Waals surface area (Å²) in [5, 5.41) is 5.52. The summed E-state index contributed by atoms with van der Waals surface area (Å²) < 4.78 is 0. The molecule has 118 valence electrons. The second-order valence-corrected chi connectivity index (χ2v) is 5.88. The maximum Gasteiger partial charge on any atom is 0.238 e. The van der Waals surface area contributed by atoms with Crippen LogP contribution in [0, 0.1) is 0 Å². The molecule has 1 aliphatic rings. The number of piperazine rings is 1. The predicted octanol–water partition coefficient (Wildman–Crippen LogP) is -0.366. The zero-order chi connectivity index (χ0) is 15.9. The Kier molecular flexibility index (Phi) is 5.79. The van der Waals surface area contributed by atoms with Crippen LogP contribution >= 0.6 is 11.8 Å². The van der Waals surface area contributed by atoms with Crippen molar-refractivity contribution in [2.24, 2.45) is 5.73 Å². The van der Waals surface area contributed by atoms with Crippen molar-refractivity contribution in [2.45, 2.75) is 4.90 Å². The van der Waals surface area contributed by atoms with Crippen molar-refractivity contribution in [3.8, 4) is 0 Å². The van der Waals surface area contributed by atoms with Crippen LogP contribution in [0.2, 0.25) is 0 Å². The van der Waals surface area contributed by atoms with Crippen LogP contribution in [0.3, 0.4) is 0 Å². The summed E-state index contributed by atoms with van der Waals surface area (Å²) in [6.07, 6.45) is 0. The van der Waals surface area contributed by atoms with Crippen molar-refractivity contribution in [3.05, 3.63) is 24.3 Å². The Labute approximate surface area is 132 Å². The number of carbonyl (C=O) groups excluding carboxylic acids is 3. The van der Waals surface area contributed by atoms with Gasteiger partial charge < -0.3 is 16.4 Å². The summed E-state index contributed by atoms with van der Waals surface area (Å²) in [4.78, 5) is 36.8. The molecule has 1 heterocycles. The molecule has 0 aliphatic carbocycles. The molecule has 1 aliphatic heterocycles. The number of benzene rings is 1. The van der Waals surface area contributed by atoms with E-state index in [1.165, 1.54) is 11.8 Å². The molecule has 0 unspecified atom stereocenters. The maximum absolute atomic E-state index is 12.1. The number of thioether (sulfide) groups is 1. The molecule has 7 nitrogen and oxygen atoms in total. The van der Waals surface area contributed by atoms with Gasteiger partial charge in [0.05, 0.1) is 24.5 Å². The van der Waals surface area contributed by atoms with Gasteiger partial charge in [-0.3, -0.25) is 19.3 Å². The number of nitrogens with two attached hydrogens (primary N) is 1. The third-order valence-electron chi connectivity index (χ3n) is 3.02. The SMILES string of the molecule is NC(=O)CSc1ccccc1NC(=O)CN1CCNC(=O)C1. The van der Waals surface area contributed by atoms with Gasteiger partial charge in [-0.1, -0.05) is 12.1 Å². The summed E-state index contributed by atoms with van der Waals surface area (Å²) in [5.74, 6) is -0.525. The van der Waals surface area contributed by atoms with Crippen molar-refractivity contribution in [2.75, 3.05) is 37.2 Å². The number of anilines is 1. The molecule has 0 saturated carbocycles. The molecule has 0 atom stereocenters. The quantitative estimate of drug-likeness (QED) is 0.620. The van der Waals surface area contributed by atoms with E-state index in [9.17, 15) is 14.4 Å². The molecule has 1 saturated heterocycles. The number of amides is 3. The van der Waals surface area contributed by atoms with E-state index < -0.39 is 5.91 Å². The lowest BCUT2D eigenvalue weighted by atomic mass is 10.3. The minimum atomic E-state index is -0.412. The van der Waals surface area contributed by atoms with Crippen LogP contribution in [-0.4, -0.2) is 54.6 Å². The number of primary amides is 1. The third kappa shape index (κ3) is 5.05. The van der Waals surface area contributed by atoms with Gasteiger partial charge in [0.1, 0.15) is 0 Å². The molecule has 2 rings (SSSR count). The van der Waals surface area contributed by atoms with Gasteiger partial charge >= 0.3 is 0 Å². The van der Waals surface area contributed by atoms with Crippen LogP contribution in [0.5, 0.6) is 0 Å². The van der Waals surface area contributed by atoms with Gasteiger partial charge in [0.25, 0.3) is 0 Å². The van der Waals surface area contributed by atoms with Crippen LogP contribution in [0.15, 0.2) is 29.2 Å². The van der Waals surface area contributed by atoms with Crippen molar-refractivity contribution in [1.29, 1.82) is 0 Å². The molecular formula is C14H18N4O3S. The highest BCUT2D eigenvalue weighted by molar-refractivity contribution is 8.00. The Hall–Kier alpha value is -2.06. The van der Waals surface area contributed by atoms with Gasteiger partial charge in [0.15, 0.2) is 0 Å². The van der Waals surface area contributed by atoms with Gasteiger partial charge in [-0.15, -0.1) is 11.8 Å². The van der Waals surface area contributed by atoms with E-state index in [1.54, 1.807) is 17.0 Å². The Morgan fingerprint density at radius 3 is 2.86 bits per heavy atom. The fraction of sp³-hybridized carbons (Fsp3) is 0.357. The van der Waals surface area contributed by atoms with Crippen molar-refractivity contribution in [3.63, 3.8) is 0 Å². The van der Waals surface area contributed by atoms with E-state index >= 15 is 0 Å². The first-order valence-corrected chi connectivity index (χ1v) is 7.82. The molecule has 1 aromatic carbocycles. The van der Waals surface area contributed by atoms with E-state index in [0.29, 0.717) is 18.8 Å². The predicted molar refractivity (Wildman–Crippen MR) is 84.4 cm³/mol. The second-order valence-electron chi connectivity index (χ2n) is 4.86. The Morgan fingerprint density at radius 1 is 1.36 bits per heavy atom.